The smallest absolute Gasteiger partial charge is 0.293 e. The summed E-state index contributed by atoms with van der Waals surface area (Å²) in [5, 5.41) is 2.44. The first kappa shape index (κ1) is 17.3. The van der Waals surface area contributed by atoms with Gasteiger partial charge in [-0.3, -0.25) is 19.3 Å². The first-order valence-corrected chi connectivity index (χ1v) is 8.50. The Hall–Kier alpha value is -2.08. The molecule has 0 saturated carbocycles. The summed E-state index contributed by atoms with van der Waals surface area (Å²) in [5.41, 5.74) is 0.880. The summed E-state index contributed by atoms with van der Waals surface area (Å²) < 4.78 is 0. The summed E-state index contributed by atoms with van der Waals surface area (Å²) in [7, 11) is 0. The lowest BCUT2D eigenvalue weighted by atomic mass is 10.2. The zero-order chi connectivity index (χ0) is 16.7. The van der Waals surface area contributed by atoms with Crippen molar-refractivity contribution in [1.29, 1.82) is 0 Å². The van der Waals surface area contributed by atoms with Crippen LogP contribution in [0.5, 0.6) is 0 Å². The summed E-state index contributed by atoms with van der Waals surface area (Å²) in [4.78, 5) is 37.3. The molecule has 0 aromatic heterocycles. The molecule has 1 aliphatic heterocycles. The highest BCUT2D eigenvalue weighted by Gasteiger charge is 2.34. The quantitative estimate of drug-likeness (QED) is 0.780. The van der Waals surface area contributed by atoms with Crippen LogP contribution in [-0.4, -0.2) is 35.0 Å². The molecule has 2 rings (SSSR count). The Balaban J connectivity index is 1.89. The molecule has 1 heterocycles. The van der Waals surface area contributed by atoms with Crippen molar-refractivity contribution in [1.82, 2.24) is 10.2 Å². The van der Waals surface area contributed by atoms with E-state index in [0.717, 1.165) is 30.2 Å². The van der Waals surface area contributed by atoms with E-state index in [4.69, 9.17) is 0 Å². The second-order valence-corrected chi connectivity index (χ2v) is 6.19. The Morgan fingerprint density at radius 2 is 2.00 bits per heavy atom. The third-order valence-electron chi connectivity index (χ3n) is 3.39. The van der Waals surface area contributed by atoms with Gasteiger partial charge in [0.25, 0.3) is 11.1 Å². The standard InChI is InChI=1S/C17H20N2O3S/c1-2-3-9-15(20)18-10-11-19-16(21)14(23-17(19)22)12-13-7-5-4-6-8-13/h4-8,12H,2-3,9-11H2,1H3,(H,18,20)/b14-12-. The van der Waals surface area contributed by atoms with E-state index in [1.54, 1.807) is 6.08 Å². The summed E-state index contributed by atoms with van der Waals surface area (Å²) in [6, 6.07) is 9.40. The maximum atomic E-state index is 12.3. The Labute approximate surface area is 140 Å². The van der Waals surface area contributed by atoms with Crippen molar-refractivity contribution in [3.63, 3.8) is 0 Å². The van der Waals surface area contributed by atoms with Crippen LogP contribution >= 0.6 is 11.8 Å². The molecular formula is C17H20N2O3S. The molecular weight excluding hydrogens is 312 g/mol. The van der Waals surface area contributed by atoms with Gasteiger partial charge in [0, 0.05) is 19.5 Å². The Kier molecular flexibility index (Phi) is 6.40. The topological polar surface area (TPSA) is 66.5 Å². The Morgan fingerprint density at radius 1 is 1.26 bits per heavy atom. The number of carbonyl (C=O) groups is 3. The van der Waals surface area contributed by atoms with E-state index in [1.807, 2.05) is 37.3 Å². The van der Waals surface area contributed by atoms with Crippen LogP contribution in [0, 0.1) is 0 Å². The number of rotatable bonds is 7. The van der Waals surface area contributed by atoms with E-state index in [0.29, 0.717) is 17.9 Å². The van der Waals surface area contributed by atoms with Crippen LogP contribution in [0.15, 0.2) is 35.2 Å². The monoisotopic (exact) mass is 332 g/mol. The molecule has 5 nitrogen and oxygen atoms in total. The van der Waals surface area contributed by atoms with Crippen molar-refractivity contribution in [3.8, 4) is 0 Å². The fourth-order valence-electron chi connectivity index (χ4n) is 2.13. The number of amides is 3. The average Bonchev–Trinajstić information content (AvgIpc) is 2.81. The molecule has 0 spiro atoms. The lowest BCUT2D eigenvalue weighted by Crippen LogP contribution is -2.37. The highest BCUT2D eigenvalue weighted by Crippen LogP contribution is 2.31. The first-order valence-electron chi connectivity index (χ1n) is 7.69. The highest BCUT2D eigenvalue weighted by molar-refractivity contribution is 8.18. The largest absolute Gasteiger partial charge is 0.354 e. The number of benzene rings is 1. The molecule has 0 bridgehead atoms. The Bertz CT molecular complexity index is 614. The van der Waals surface area contributed by atoms with E-state index in [1.165, 1.54) is 4.90 Å². The van der Waals surface area contributed by atoms with Crippen LogP contribution in [0.25, 0.3) is 6.08 Å². The van der Waals surface area contributed by atoms with Crippen LogP contribution in [0.1, 0.15) is 31.7 Å². The van der Waals surface area contributed by atoms with Gasteiger partial charge in [-0.05, 0) is 29.8 Å². The molecule has 1 saturated heterocycles. The van der Waals surface area contributed by atoms with Gasteiger partial charge in [-0.25, -0.2) is 0 Å². The summed E-state index contributed by atoms with van der Waals surface area (Å²) in [6.45, 7) is 2.51. The predicted octanol–water partition coefficient (Wildman–Crippen LogP) is 3.03. The minimum atomic E-state index is -0.299. The number of carbonyl (C=O) groups excluding carboxylic acids is 3. The van der Waals surface area contributed by atoms with E-state index in [2.05, 4.69) is 5.32 Å². The van der Waals surface area contributed by atoms with E-state index in [-0.39, 0.29) is 23.6 Å². The second-order valence-electron chi connectivity index (χ2n) is 5.20. The molecule has 1 fully saturated rings. The molecule has 1 aromatic carbocycles. The molecule has 0 radical (unpaired) electrons. The number of nitrogens with one attached hydrogen (secondary N) is 1. The number of imide groups is 1. The van der Waals surface area contributed by atoms with Crippen molar-refractivity contribution >= 4 is 34.9 Å². The highest BCUT2D eigenvalue weighted by atomic mass is 32.2. The molecule has 0 unspecified atom stereocenters. The van der Waals surface area contributed by atoms with Gasteiger partial charge in [-0.15, -0.1) is 0 Å². The van der Waals surface area contributed by atoms with Crippen molar-refractivity contribution in [3.05, 3.63) is 40.8 Å². The van der Waals surface area contributed by atoms with Gasteiger partial charge in [-0.1, -0.05) is 43.7 Å². The molecule has 23 heavy (non-hydrogen) atoms. The lowest BCUT2D eigenvalue weighted by Gasteiger charge is -2.12. The summed E-state index contributed by atoms with van der Waals surface area (Å²) in [6.07, 6.45) is 3.99. The lowest BCUT2D eigenvalue weighted by molar-refractivity contribution is -0.124. The third kappa shape index (κ3) is 4.96. The molecule has 3 amide bonds. The van der Waals surface area contributed by atoms with Crippen LogP contribution < -0.4 is 5.32 Å². The maximum Gasteiger partial charge on any atom is 0.293 e. The van der Waals surface area contributed by atoms with Gasteiger partial charge < -0.3 is 5.32 Å². The SMILES string of the molecule is CCCCC(=O)NCCN1C(=O)S/C(=C\c2ccccc2)C1=O. The van der Waals surface area contributed by atoms with Crippen LogP contribution in [0.2, 0.25) is 0 Å². The maximum absolute atomic E-state index is 12.3. The van der Waals surface area contributed by atoms with Crippen molar-refractivity contribution in [2.24, 2.45) is 0 Å². The van der Waals surface area contributed by atoms with Gasteiger partial charge in [0.05, 0.1) is 4.91 Å². The molecule has 1 aliphatic rings. The molecule has 6 heteroatoms. The van der Waals surface area contributed by atoms with Gasteiger partial charge in [0.15, 0.2) is 0 Å². The zero-order valence-corrected chi connectivity index (χ0v) is 13.9. The molecule has 0 aliphatic carbocycles. The summed E-state index contributed by atoms with van der Waals surface area (Å²) >= 11 is 0.935. The van der Waals surface area contributed by atoms with E-state index < -0.39 is 0 Å². The predicted molar refractivity (Wildman–Crippen MR) is 91.7 cm³/mol. The molecule has 122 valence electrons. The van der Waals surface area contributed by atoms with Gasteiger partial charge in [-0.2, -0.15) is 0 Å². The molecule has 1 aromatic rings. The molecule has 1 N–H and O–H groups in total. The minimum absolute atomic E-state index is 0.0429. The fourth-order valence-corrected chi connectivity index (χ4v) is 2.99. The average molecular weight is 332 g/mol. The van der Waals surface area contributed by atoms with E-state index in [9.17, 15) is 14.4 Å². The van der Waals surface area contributed by atoms with Crippen LogP contribution in [-0.2, 0) is 9.59 Å². The van der Waals surface area contributed by atoms with Crippen LogP contribution in [0.3, 0.4) is 0 Å². The van der Waals surface area contributed by atoms with Crippen molar-refractivity contribution in [2.75, 3.05) is 13.1 Å². The minimum Gasteiger partial charge on any atom is -0.354 e. The molecule has 0 atom stereocenters. The first-order chi connectivity index (χ1) is 11.1. The van der Waals surface area contributed by atoms with Crippen molar-refractivity contribution < 1.29 is 14.4 Å². The number of thioether (sulfide) groups is 1. The third-order valence-corrected chi connectivity index (χ3v) is 4.29. The number of hydrogen-bond acceptors (Lipinski definition) is 4. The Morgan fingerprint density at radius 3 is 2.70 bits per heavy atom. The van der Waals surface area contributed by atoms with Gasteiger partial charge >= 0.3 is 0 Å². The van der Waals surface area contributed by atoms with Gasteiger partial charge in [0.1, 0.15) is 0 Å². The zero-order valence-electron chi connectivity index (χ0n) is 13.1. The number of unbranched alkanes of at least 4 members (excludes halogenated alkanes) is 1. The fraction of sp³-hybridized carbons (Fsp3) is 0.353. The van der Waals surface area contributed by atoms with Gasteiger partial charge in [0.2, 0.25) is 5.91 Å². The number of nitrogens with zero attached hydrogens (tertiary/aromatic N) is 1. The second kappa shape index (κ2) is 8.53. The van der Waals surface area contributed by atoms with Crippen molar-refractivity contribution in [2.45, 2.75) is 26.2 Å². The summed E-state index contributed by atoms with van der Waals surface area (Å²) in [5.74, 6) is -0.342. The van der Waals surface area contributed by atoms with E-state index >= 15 is 0 Å². The number of hydrogen-bond donors (Lipinski definition) is 1. The van der Waals surface area contributed by atoms with Crippen LogP contribution in [0.4, 0.5) is 4.79 Å². The normalized spacial score (nSPS) is 16.2.